The van der Waals surface area contributed by atoms with Crippen LogP contribution in [0.5, 0.6) is 0 Å². The van der Waals surface area contributed by atoms with E-state index in [-0.39, 0.29) is 5.91 Å². The molecule has 0 N–H and O–H groups in total. The van der Waals surface area contributed by atoms with E-state index in [1.54, 1.807) is 16.8 Å². The van der Waals surface area contributed by atoms with Gasteiger partial charge in [-0.1, -0.05) is 6.07 Å². The highest BCUT2D eigenvalue weighted by Crippen LogP contribution is 2.18. The summed E-state index contributed by atoms with van der Waals surface area (Å²) >= 11 is 3.24. The van der Waals surface area contributed by atoms with Gasteiger partial charge in [-0.3, -0.25) is 9.69 Å². The van der Waals surface area contributed by atoms with E-state index in [4.69, 9.17) is 0 Å². The van der Waals surface area contributed by atoms with Gasteiger partial charge in [-0.15, -0.1) is 22.7 Å². The van der Waals surface area contributed by atoms with Gasteiger partial charge in [-0.05, 0) is 18.4 Å². The van der Waals surface area contributed by atoms with E-state index in [1.807, 2.05) is 11.8 Å². The molecule has 0 saturated carbocycles. The molecule has 106 valence electrons. The third-order valence-electron chi connectivity index (χ3n) is 3.56. The molecule has 0 spiro atoms. The Hall–Kier alpha value is -1.24. The first-order chi connectivity index (χ1) is 9.74. The Morgan fingerprint density at radius 3 is 2.70 bits per heavy atom. The van der Waals surface area contributed by atoms with Gasteiger partial charge < -0.3 is 4.90 Å². The molecule has 3 heterocycles. The lowest BCUT2D eigenvalue weighted by molar-refractivity contribution is 0.0633. The Bertz CT molecular complexity index is 571. The Morgan fingerprint density at radius 2 is 2.10 bits per heavy atom. The SMILES string of the molecule is Cc1ncsc1C(=O)N1CCN(Cc2cccs2)CC1. The van der Waals surface area contributed by atoms with Crippen LogP contribution in [0.4, 0.5) is 0 Å². The van der Waals surface area contributed by atoms with Crippen LogP contribution in [0.15, 0.2) is 23.0 Å². The molecule has 2 aromatic heterocycles. The Balaban J connectivity index is 1.56. The van der Waals surface area contributed by atoms with Crippen LogP contribution < -0.4 is 0 Å². The number of aryl methyl sites for hydroxylation is 1. The van der Waals surface area contributed by atoms with E-state index in [2.05, 4.69) is 27.4 Å². The molecule has 0 aliphatic carbocycles. The van der Waals surface area contributed by atoms with E-state index in [0.717, 1.165) is 43.3 Å². The molecule has 0 bridgehead atoms. The molecule has 4 nitrogen and oxygen atoms in total. The number of rotatable bonds is 3. The number of piperazine rings is 1. The van der Waals surface area contributed by atoms with Crippen LogP contribution in [0.2, 0.25) is 0 Å². The molecule has 0 aromatic carbocycles. The van der Waals surface area contributed by atoms with Crippen molar-refractivity contribution < 1.29 is 4.79 Å². The third-order valence-corrected chi connectivity index (χ3v) is 5.34. The first kappa shape index (κ1) is 13.7. The van der Waals surface area contributed by atoms with Gasteiger partial charge in [0.15, 0.2) is 0 Å². The summed E-state index contributed by atoms with van der Waals surface area (Å²) in [7, 11) is 0. The number of amides is 1. The average Bonchev–Trinajstić information content (AvgIpc) is 3.10. The normalized spacial score (nSPS) is 16.6. The minimum Gasteiger partial charge on any atom is -0.335 e. The quantitative estimate of drug-likeness (QED) is 0.874. The molecule has 0 atom stereocenters. The van der Waals surface area contributed by atoms with Crippen LogP contribution in [0, 0.1) is 6.92 Å². The second-order valence-electron chi connectivity index (χ2n) is 4.91. The van der Waals surface area contributed by atoms with Gasteiger partial charge in [0.05, 0.1) is 11.2 Å². The predicted molar refractivity (Wildman–Crippen MR) is 82.4 cm³/mol. The highest BCUT2D eigenvalue weighted by molar-refractivity contribution is 7.11. The summed E-state index contributed by atoms with van der Waals surface area (Å²) in [6, 6.07) is 4.26. The van der Waals surface area contributed by atoms with Crippen LogP contribution in [-0.2, 0) is 6.54 Å². The van der Waals surface area contributed by atoms with Crippen LogP contribution in [0.25, 0.3) is 0 Å². The van der Waals surface area contributed by atoms with Crippen LogP contribution in [0.3, 0.4) is 0 Å². The number of thiophene rings is 1. The van der Waals surface area contributed by atoms with Gasteiger partial charge in [0.1, 0.15) is 4.88 Å². The fourth-order valence-corrected chi connectivity index (χ4v) is 3.90. The van der Waals surface area contributed by atoms with E-state index in [0.29, 0.717) is 0 Å². The van der Waals surface area contributed by atoms with Crippen molar-refractivity contribution in [2.75, 3.05) is 26.2 Å². The zero-order valence-corrected chi connectivity index (χ0v) is 13.0. The van der Waals surface area contributed by atoms with E-state index < -0.39 is 0 Å². The average molecular weight is 307 g/mol. The summed E-state index contributed by atoms with van der Waals surface area (Å²) in [5, 5.41) is 2.11. The first-order valence-corrected chi connectivity index (χ1v) is 8.44. The number of carbonyl (C=O) groups is 1. The van der Waals surface area contributed by atoms with Gasteiger partial charge in [-0.2, -0.15) is 0 Å². The maximum Gasteiger partial charge on any atom is 0.265 e. The Morgan fingerprint density at radius 1 is 1.30 bits per heavy atom. The van der Waals surface area contributed by atoms with Gasteiger partial charge in [0.2, 0.25) is 0 Å². The van der Waals surface area contributed by atoms with Crippen LogP contribution in [-0.4, -0.2) is 46.9 Å². The lowest BCUT2D eigenvalue weighted by Gasteiger charge is -2.34. The molecule has 0 unspecified atom stereocenters. The fourth-order valence-electron chi connectivity index (χ4n) is 2.38. The summed E-state index contributed by atoms with van der Waals surface area (Å²) < 4.78 is 0. The molecule has 0 radical (unpaired) electrons. The smallest absolute Gasteiger partial charge is 0.265 e. The van der Waals surface area contributed by atoms with Crippen molar-refractivity contribution in [3.8, 4) is 0 Å². The number of nitrogens with zero attached hydrogens (tertiary/aromatic N) is 3. The van der Waals surface area contributed by atoms with Crippen molar-refractivity contribution in [1.29, 1.82) is 0 Å². The minimum absolute atomic E-state index is 0.140. The molecule has 20 heavy (non-hydrogen) atoms. The van der Waals surface area contributed by atoms with Crippen molar-refractivity contribution in [2.45, 2.75) is 13.5 Å². The lowest BCUT2D eigenvalue weighted by Crippen LogP contribution is -2.48. The summed E-state index contributed by atoms with van der Waals surface area (Å²) in [4.78, 5) is 23.1. The second kappa shape index (κ2) is 6.03. The molecule has 6 heteroatoms. The van der Waals surface area contributed by atoms with Gasteiger partial charge in [-0.25, -0.2) is 4.98 Å². The third kappa shape index (κ3) is 2.92. The molecule has 1 aliphatic rings. The molecular weight excluding hydrogens is 290 g/mol. The number of carbonyl (C=O) groups excluding carboxylic acids is 1. The monoisotopic (exact) mass is 307 g/mol. The largest absolute Gasteiger partial charge is 0.335 e. The molecule has 1 saturated heterocycles. The molecule has 1 amide bonds. The molecule has 2 aromatic rings. The highest BCUT2D eigenvalue weighted by atomic mass is 32.1. The molecule has 1 fully saturated rings. The summed E-state index contributed by atoms with van der Waals surface area (Å²) in [5.41, 5.74) is 2.59. The van der Waals surface area contributed by atoms with Crippen molar-refractivity contribution in [2.24, 2.45) is 0 Å². The van der Waals surface area contributed by atoms with E-state index >= 15 is 0 Å². The highest BCUT2D eigenvalue weighted by Gasteiger charge is 2.24. The number of thiazole rings is 1. The van der Waals surface area contributed by atoms with E-state index in [9.17, 15) is 4.79 Å². The first-order valence-electron chi connectivity index (χ1n) is 6.68. The topological polar surface area (TPSA) is 36.4 Å². The maximum atomic E-state index is 12.4. The van der Waals surface area contributed by atoms with E-state index in [1.165, 1.54) is 16.2 Å². The van der Waals surface area contributed by atoms with Gasteiger partial charge in [0.25, 0.3) is 5.91 Å². The number of aromatic nitrogens is 1. The minimum atomic E-state index is 0.140. The van der Waals surface area contributed by atoms with Crippen molar-refractivity contribution in [3.63, 3.8) is 0 Å². The maximum absolute atomic E-state index is 12.4. The zero-order valence-electron chi connectivity index (χ0n) is 11.4. The predicted octanol–water partition coefficient (Wildman–Crippen LogP) is 2.47. The Labute approximate surface area is 126 Å². The summed E-state index contributed by atoms with van der Waals surface area (Å²) in [6.45, 7) is 6.40. The van der Waals surface area contributed by atoms with Crippen LogP contribution >= 0.6 is 22.7 Å². The van der Waals surface area contributed by atoms with Gasteiger partial charge in [0, 0.05) is 37.6 Å². The molecular formula is C14H17N3OS2. The standard InChI is InChI=1S/C14H17N3OS2/c1-11-13(20-10-15-11)14(18)17-6-4-16(5-7-17)9-12-3-2-8-19-12/h2-3,8,10H,4-7,9H2,1H3. The fraction of sp³-hybridized carbons (Fsp3) is 0.429. The number of hydrogen-bond acceptors (Lipinski definition) is 5. The molecule has 3 rings (SSSR count). The van der Waals surface area contributed by atoms with Crippen molar-refractivity contribution in [1.82, 2.24) is 14.8 Å². The lowest BCUT2D eigenvalue weighted by atomic mass is 10.2. The zero-order chi connectivity index (χ0) is 13.9. The second-order valence-corrected chi connectivity index (χ2v) is 6.80. The van der Waals surface area contributed by atoms with Crippen molar-refractivity contribution in [3.05, 3.63) is 38.5 Å². The summed E-state index contributed by atoms with van der Waals surface area (Å²) in [6.07, 6.45) is 0. The molecule has 1 aliphatic heterocycles. The van der Waals surface area contributed by atoms with Crippen LogP contribution in [0.1, 0.15) is 20.2 Å². The Kier molecular flexibility index (Phi) is 4.14. The summed E-state index contributed by atoms with van der Waals surface area (Å²) in [5.74, 6) is 0.140. The van der Waals surface area contributed by atoms with Gasteiger partial charge >= 0.3 is 0 Å². The number of hydrogen-bond donors (Lipinski definition) is 0. The van der Waals surface area contributed by atoms with Crippen molar-refractivity contribution >= 4 is 28.6 Å².